The Morgan fingerprint density at radius 1 is 1.67 bits per heavy atom. The van der Waals surface area contributed by atoms with Crippen LogP contribution in [0.4, 0.5) is 0 Å². The molecule has 0 aliphatic carbocycles. The quantitative estimate of drug-likeness (QED) is 0.648. The molecule has 0 aliphatic heterocycles. The first-order chi connectivity index (χ1) is 4.20. The number of aromatic carboxylic acids is 1. The molecular formula is C6H7O2P. The van der Waals surface area contributed by atoms with Gasteiger partial charge in [-0.2, -0.15) is 0 Å². The van der Waals surface area contributed by atoms with Crippen LogP contribution in [0.3, 0.4) is 0 Å². The Balaban J connectivity index is 2.98. The van der Waals surface area contributed by atoms with Crippen molar-refractivity contribution < 1.29 is 9.90 Å². The standard InChI is InChI=1S/C6H7O2P/c1-4-2-3-5(9-4)6(7)8/h2-3,9H,1H3,(H,7,8). The first-order valence-corrected chi connectivity index (χ1v) is 3.59. The van der Waals surface area contributed by atoms with E-state index in [9.17, 15) is 4.79 Å². The van der Waals surface area contributed by atoms with Crippen molar-refractivity contribution >= 4 is 14.2 Å². The van der Waals surface area contributed by atoms with E-state index in [0.717, 1.165) is 5.30 Å². The third-order valence-corrected chi connectivity index (χ3v) is 2.27. The predicted octanol–water partition coefficient (Wildman–Crippen LogP) is 1.72. The van der Waals surface area contributed by atoms with Crippen LogP contribution in [-0.4, -0.2) is 11.1 Å². The van der Waals surface area contributed by atoms with E-state index in [0.29, 0.717) is 13.5 Å². The molecule has 1 aromatic rings. The SMILES string of the molecule is Cc1ccc(C(=O)O)[pH]1. The highest BCUT2D eigenvalue weighted by Gasteiger charge is 2.01. The van der Waals surface area contributed by atoms with E-state index < -0.39 is 5.97 Å². The molecule has 0 radical (unpaired) electrons. The molecule has 0 bridgehead atoms. The maximum Gasteiger partial charge on any atom is 0.339 e. The molecule has 1 aromatic heterocycles. The Morgan fingerprint density at radius 3 is 2.56 bits per heavy atom. The van der Waals surface area contributed by atoms with Crippen LogP contribution < -0.4 is 0 Å². The zero-order valence-electron chi connectivity index (χ0n) is 5.01. The highest BCUT2D eigenvalue weighted by Crippen LogP contribution is 2.20. The molecule has 1 rings (SSSR count). The fraction of sp³-hybridized carbons (Fsp3) is 0.167. The summed E-state index contributed by atoms with van der Waals surface area (Å²) >= 11 is 0. The molecule has 0 aromatic carbocycles. The molecule has 1 unspecified atom stereocenters. The minimum Gasteiger partial charge on any atom is -0.477 e. The van der Waals surface area contributed by atoms with E-state index in [-0.39, 0.29) is 0 Å². The van der Waals surface area contributed by atoms with Crippen LogP contribution in [0.15, 0.2) is 12.1 Å². The van der Waals surface area contributed by atoms with E-state index >= 15 is 0 Å². The molecule has 0 spiro atoms. The smallest absolute Gasteiger partial charge is 0.339 e. The Hall–Kier alpha value is -0.750. The van der Waals surface area contributed by atoms with Crippen LogP contribution in [0, 0.1) is 6.92 Å². The summed E-state index contributed by atoms with van der Waals surface area (Å²) in [5.41, 5.74) is 0. The lowest BCUT2D eigenvalue weighted by molar-refractivity contribution is 0.0702. The summed E-state index contributed by atoms with van der Waals surface area (Å²) in [6.07, 6.45) is 0. The third kappa shape index (κ3) is 1.33. The van der Waals surface area contributed by atoms with Gasteiger partial charge in [-0.15, -0.1) is 8.19 Å². The molecule has 1 atom stereocenters. The van der Waals surface area contributed by atoms with Crippen molar-refractivity contribution in [3.05, 3.63) is 22.7 Å². The van der Waals surface area contributed by atoms with Gasteiger partial charge in [0.05, 0.1) is 5.30 Å². The minimum atomic E-state index is -0.790. The van der Waals surface area contributed by atoms with Crippen LogP contribution in [0.25, 0.3) is 0 Å². The number of hydrogen-bond donors (Lipinski definition) is 1. The van der Waals surface area contributed by atoms with Gasteiger partial charge in [0.25, 0.3) is 0 Å². The first-order valence-electron chi connectivity index (χ1n) is 2.59. The van der Waals surface area contributed by atoms with Crippen molar-refractivity contribution in [3.63, 3.8) is 0 Å². The molecule has 0 saturated heterocycles. The van der Waals surface area contributed by atoms with Crippen molar-refractivity contribution in [2.24, 2.45) is 0 Å². The average molecular weight is 142 g/mol. The van der Waals surface area contributed by atoms with Crippen molar-refractivity contribution in [1.82, 2.24) is 0 Å². The molecule has 2 nitrogen and oxygen atoms in total. The van der Waals surface area contributed by atoms with Gasteiger partial charge >= 0.3 is 5.97 Å². The molecule has 1 heterocycles. The second-order valence-corrected chi connectivity index (χ2v) is 3.44. The highest BCUT2D eigenvalue weighted by molar-refractivity contribution is 7.33. The summed E-state index contributed by atoms with van der Waals surface area (Å²) in [6, 6.07) is 3.51. The summed E-state index contributed by atoms with van der Waals surface area (Å²) in [4.78, 5) is 10.3. The fourth-order valence-corrected chi connectivity index (χ4v) is 1.49. The van der Waals surface area contributed by atoms with E-state index in [1.807, 2.05) is 13.0 Å². The first kappa shape index (κ1) is 6.37. The van der Waals surface area contributed by atoms with Crippen molar-refractivity contribution in [2.75, 3.05) is 0 Å². The molecule has 0 aliphatic rings. The Kier molecular flexibility index (Phi) is 1.58. The van der Waals surface area contributed by atoms with E-state index in [4.69, 9.17) is 5.11 Å². The van der Waals surface area contributed by atoms with E-state index in [1.165, 1.54) is 0 Å². The Bertz CT molecular complexity index is 227. The maximum atomic E-state index is 10.3. The second kappa shape index (κ2) is 2.24. The monoisotopic (exact) mass is 142 g/mol. The number of hydrogen-bond acceptors (Lipinski definition) is 1. The molecule has 1 N–H and O–H groups in total. The summed E-state index contributed by atoms with van der Waals surface area (Å²) in [5.74, 6) is -0.790. The number of carbonyl (C=O) groups is 1. The third-order valence-electron chi connectivity index (χ3n) is 1.06. The summed E-state index contributed by atoms with van der Waals surface area (Å²) in [6.45, 7) is 1.94. The lowest BCUT2D eigenvalue weighted by atomic mass is 10.4. The highest BCUT2D eigenvalue weighted by atomic mass is 31.0. The molecule has 0 amide bonds. The van der Waals surface area contributed by atoms with Gasteiger partial charge in [-0.25, -0.2) is 4.79 Å². The number of aryl methyl sites for hydroxylation is 1. The molecule has 3 heteroatoms. The van der Waals surface area contributed by atoms with Gasteiger partial charge in [0, 0.05) is 0 Å². The Morgan fingerprint density at radius 2 is 2.33 bits per heavy atom. The molecular weight excluding hydrogens is 135 g/mol. The van der Waals surface area contributed by atoms with Crippen molar-refractivity contribution in [3.8, 4) is 0 Å². The summed E-state index contributed by atoms with van der Waals surface area (Å²) < 4.78 is 0. The number of carboxylic acid groups (broad SMARTS) is 1. The predicted molar refractivity (Wildman–Crippen MR) is 37.6 cm³/mol. The van der Waals surface area contributed by atoms with E-state index in [1.54, 1.807) is 6.07 Å². The second-order valence-electron chi connectivity index (χ2n) is 1.86. The maximum absolute atomic E-state index is 10.3. The van der Waals surface area contributed by atoms with Crippen LogP contribution >= 0.6 is 8.19 Å². The van der Waals surface area contributed by atoms with Gasteiger partial charge in [-0.1, -0.05) is 6.07 Å². The van der Waals surface area contributed by atoms with Gasteiger partial charge in [-0.05, 0) is 18.3 Å². The van der Waals surface area contributed by atoms with Gasteiger partial charge in [-0.3, -0.25) is 0 Å². The summed E-state index contributed by atoms with van der Waals surface area (Å²) in [7, 11) is 0.377. The van der Waals surface area contributed by atoms with E-state index in [2.05, 4.69) is 0 Å². The Labute approximate surface area is 54.6 Å². The number of rotatable bonds is 1. The fourth-order valence-electron chi connectivity index (χ4n) is 0.629. The summed E-state index contributed by atoms with van der Waals surface area (Å²) in [5, 5.41) is 10.1. The number of carboxylic acids is 1. The zero-order valence-corrected chi connectivity index (χ0v) is 6.01. The lowest BCUT2D eigenvalue weighted by Crippen LogP contribution is -1.88. The van der Waals surface area contributed by atoms with Crippen molar-refractivity contribution in [1.29, 1.82) is 0 Å². The van der Waals surface area contributed by atoms with Crippen LogP contribution in [0.1, 0.15) is 15.4 Å². The zero-order chi connectivity index (χ0) is 6.85. The van der Waals surface area contributed by atoms with Gasteiger partial charge in [0.2, 0.25) is 0 Å². The van der Waals surface area contributed by atoms with Crippen LogP contribution in [-0.2, 0) is 0 Å². The normalized spacial score (nSPS) is 10.3. The molecule has 0 saturated carbocycles. The van der Waals surface area contributed by atoms with Gasteiger partial charge < -0.3 is 5.11 Å². The average Bonchev–Trinajstić information content (AvgIpc) is 2.14. The van der Waals surface area contributed by atoms with Gasteiger partial charge in [0.15, 0.2) is 0 Å². The van der Waals surface area contributed by atoms with Gasteiger partial charge in [0.1, 0.15) is 0 Å². The minimum absolute atomic E-state index is 0.377. The molecule has 48 valence electrons. The van der Waals surface area contributed by atoms with Crippen molar-refractivity contribution in [2.45, 2.75) is 6.92 Å². The van der Waals surface area contributed by atoms with Crippen LogP contribution in [0.2, 0.25) is 0 Å². The topological polar surface area (TPSA) is 37.3 Å². The molecule has 9 heavy (non-hydrogen) atoms. The molecule has 0 fully saturated rings. The lowest BCUT2D eigenvalue weighted by Gasteiger charge is -1.81. The van der Waals surface area contributed by atoms with Crippen LogP contribution in [0.5, 0.6) is 0 Å². The largest absolute Gasteiger partial charge is 0.477 e.